The number of amides is 2. The molecular formula is C27H29N7O5S. The molecule has 2 aliphatic carbocycles. The third-order valence-electron chi connectivity index (χ3n) is 7.82. The Morgan fingerprint density at radius 1 is 1.07 bits per heavy atom. The van der Waals surface area contributed by atoms with E-state index in [1.165, 1.54) is 13.1 Å². The topological polar surface area (TPSA) is 156 Å². The molecule has 0 bridgehead atoms. The minimum atomic E-state index is -3.57. The van der Waals surface area contributed by atoms with Crippen molar-refractivity contribution in [2.24, 2.45) is 11.8 Å². The van der Waals surface area contributed by atoms with Gasteiger partial charge in [0.05, 0.1) is 35.6 Å². The summed E-state index contributed by atoms with van der Waals surface area (Å²) in [4.78, 5) is 44.9. The molecule has 13 heteroatoms. The molecule has 2 N–H and O–H groups in total. The van der Waals surface area contributed by atoms with Crippen LogP contribution in [-0.2, 0) is 25.0 Å². The predicted octanol–water partition coefficient (Wildman–Crippen LogP) is 2.22. The fraction of sp³-hybridized carbons (Fsp3) is 0.407. The first kappa shape index (κ1) is 26.1. The summed E-state index contributed by atoms with van der Waals surface area (Å²) in [5, 5.41) is 2.59. The summed E-state index contributed by atoms with van der Waals surface area (Å²) in [5.74, 6) is -0.210. The van der Waals surface area contributed by atoms with Crippen molar-refractivity contribution in [1.29, 1.82) is 0 Å². The molecule has 2 unspecified atom stereocenters. The van der Waals surface area contributed by atoms with Crippen LogP contribution >= 0.6 is 0 Å². The van der Waals surface area contributed by atoms with Crippen LogP contribution in [0.4, 0.5) is 11.6 Å². The summed E-state index contributed by atoms with van der Waals surface area (Å²) >= 11 is 0. The molecule has 2 saturated carbocycles. The van der Waals surface area contributed by atoms with E-state index in [0.29, 0.717) is 55.5 Å². The summed E-state index contributed by atoms with van der Waals surface area (Å²) in [6, 6.07) is 8.89. The van der Waals surface area contributed by atoms with Crippen LogP contribution in [0.15, 0.2) is 48.9 Å². The minimum absolute atomic E-state index is 0.0471. The van der Waals surface area contributed by atoms with Crippen molar-refractivity contribution in [2.45, 2.75) is 37.4 Å². The lowest BCUT2D eigenvalue weighted by molar-refractivity contribution is -0.129. The number of nitrogens with zero attached hydrogens (tertiary/aromatic N) is 5. The number of hydrogen-bond acceptors (Lipinski definition) is 9. The zero-order valence-corrected chi connectivity index (χ0v) is 22.9. The number of ether oxygens (including phenoxy) is 1. The Morgan fingerprint density at radius 3 is 2.45 bits per heavy atom. The maximum absolute atomic E-state index is 13.9. The van der Waals surface area contributed by atoms with Gasteiger partial charge in [0, 0.05) is 49.3 Å². The number of piperidine rings is 1. The van der Waals surface area contributed by atoms with E-state index in [1.807, 2.05) is 19.1 Å². The van der Waals surface area contributed by atoms with E-state index in [0.717, 1.165) is 5.56 Å². The number of rotatable bonds is 9. The van der Waals surface area contributed by atoms with Crippen LogP contribution in [0, 0.1) is 11.8 Å². The van der Waals surface area contributed by atoms with Crippen molar-refractivity contribution in [1.82, 2.24) is 24.8 Å². The number of nitrogens with one attached hydrogen (secondary N) is 2. The van der Waals surface area contributed by atoms with Crippen LogP contribution in [0.2, 0.25) is 0 Å². The molecule has 12 nitrogen and oxygen atoms in total. The van der Waals surface area contributed by atoms with Crippen LogP contribution in [0.5, 0.6) is 5.88 Å². The smallest absolute Gasteiger partial charge is 0.237 e. The van der Waals surface area contributed by atoms with Crippen LogP contribution < -0.4 is 14.8 Å². The molecule has 3 fully saturated rings. The van der Waals surface area contributed by atoms with Gasteiger partial charge in [0.2, 0.25) is 33.7 Å². The van der Waals surface area contributed by atoms with Crippen molar-refractivity contribution in [3.05, 3.63) is 54.6 Å². The summed E-state index contributed by atoms with van der Waals surface area (Å²) in [6.07, 6.45) is 5.87. The van der Waals surface area contributed by atoms with Crippen molar-refractivity contribution in [3.63, 3.8) is 0 Å². The van der Waals surface area contributed by atoms with Gasteiger partial charge in [0.25, 0.3) is 0 Å². The van der Waals surface area contributed by atoms with Gasteiger partial charge in [0.15, 0.2) is 0 Å². The Hall–Kier alpha value is -4.13. The number of benzene rings is 1. The maximum atomic E-state index is 13.9. The Kier molecular flexibility index (Phi) is 6.40. The number of likely N-dealkylation sites (tertiary alicyclic amines) is 1. The van der Waals surface area contributed by atoms with Gasteiger partial charge in [0.1, 0.15) is 5.41 Å². The van der Waals surface area contributed by atoms with Gasteiger partial charge in [-0.1, -0.05) is 12.1 Å². The second-order valence-electron chi connectivity index (χ2n) is 10.3. The monoisotopic (exact) mass is 563 g/mol. The first-order chi connectivity index (χ1) is 19.2. The second-order valence-corrected chi connectivity index (χ2v) is 12.3. The van der Waals surface area contributed by atoms with Gasteiger partial charge in [-0.2, -0.15) is 0 Å². The zero-order valence-electron chi connectivity index (χ0n) is 22.1. The van der Waals surface area contributed by atoms with E-state index in [-0.39, 0.29) is 29.6 Å². The van der Waals surface area contributed by atoms with Gasteiger partial charge < -0.3 is 15.0 Å². The van der Waals surface area contributed by atoms with Gasteiger partial charge in [-0.3, -0.25) is 19.3 Å². The Balaban J connectivity index is 1.25. The van der Waals surface area contributed by atoms with Crippen molar-refractivity contribution >= 4 is 33.5 Å². The number of anilines is 2. The molecule has 0 spiro atoms. The van der Waals surface area contributed by atoms with E-state index in [9.17, 15) is 18.0 Å². The molecule has 208 valence electrons. The van der Waals surface area contributed by atoms with E-state index in [2.05, 4.69) is 30.0 Å². The Morgan fingerprint density at radius 2 is 1.80 bits per heavy atom. The number of aromatic nitrogens is 4. The molecule has 3 aromatic rings. The molecule has 2 atom stereocenters. The number of fused-ring (bicyclic) bond motifs is 1. The molecule has 0 radical (unpaired) electrons. The molecule has 6 rings (SSSR count). The van der Waals surface area contributed by atoms with Gasteiger partial charge in [-0.05, 0) is 38.0 Å². The summed E-state index contributed by atoms with van der Waals surface area (Å²) < 4.78 is 32.9. The van der Waals surface area contributed by atoms with Crippen LogP contribution in [-0.4, -0.2) is 70.0 Å². The molecule has 1 saturated heterocycles. The molecular weight excluding hydrogens is 534 g/mol. The number of carbonyl (C=O) groups is 2. The highest BCUT2D eigenvalue weighted by Crippen LogP contribution is 2.63. The normalized spacial score (nSPS) is 23.3. The third kappa shape index (κ3) is 4.63. The predicted molar refractivity (Wildman–Crippen MR) is 146 cm³/mol. The van der Waals surface area contributed by atoms with E-state index in [1.54, 1.807) is 35.5 Å². The largest absolute Gasteiger partial charge is 0.477 e. The average Bonchev–Trinajstić information content (AvgIpc) is 3.85. The second kappa shape index (κ2) is 9.81. The number of hydrogen-bond donors (Lipinski definition) is 2. The van der Waals surface area contributed by atoms with E-state index >= 15 is 0 Å². The molecule has 2 amide bonds. The van der Waals surface area contributed by atoms with Gasteiger partial charge in [-0.25, -0.2) is 23.4 Å². The van der Waals surface area contributed by atoms with Crippen molar-refractivity contribution in [3.8, 4) is 17.1 Å². The fourth-order valence-electron chi connectivity index (χ4n) is 5.61. The van der Waals surface area contributed by atoms with E-state index in [4.69, 9.17) is 4.74 Å². The first-order valence-electron chi connectivity index (χ1n) is 13.2. The quantitative estimate of drug-likeness (QED) is 0.398. The minimum Gasteiger partial charge on any atom is -0.477 e. The highest BCUT2D eigenvalue weighted by molar-refractivity contribution is 7.93. The molecule has 3 aliphatic rings. The highest BCUT2D eigenvalue weighted by Gasteiger charge is 2.74. The Bertz CT molecular complexity index is 1560. The molecule has 3 heterocycles. The van der Waals surface area contributed by atoms with E-state index < -0.39 is 20.7 Å². The SMILES string of the molecule is CCOc1cncc(-c2ccc(NC(=O)C3(c4ccnc(NS(=O)(=O)C5CC5)n4)C4CN(C(C)=O)CC43)cc2)n1. The molecule has 1 aromatic carbocycles. The third-order valence-corrected chi connectivity index (χ3v) is 9.64. The van der Waals surface area contributed by atoms with Gasteiger partial charge in [-0.15, -0.1) is 0 Å². The average molecular weight is 564 g/mol. The highest BCUT2D eigenvalue weighted by atomic mass is 32.2. The summed E-state index contributed by atoms with van der Waals surface area (Å²) in [5.41, 5.74) is 1.46. The lowest BCUT2D eigenvalue weighted by Gasteiger charge is -2.25. The van der Waals surface area contributed by atoms with Crippen LogP contribution in [0.1, 0.15) is 32.4 Å². The van der Waals surface area contributed by atoms with Gasteiger partial charge >= 0.3 is 0 Å². The molecule has 40 heavy (non-hydrogen) atoms. The van der Waals surface area contributed by atoms with Crippen molar-refractivity contribution < 1.29 is 22.7 Å². The maximum Gasteiger partial charge on any atom is 0.237 e. The van der Waals surface area contributed by atoms with Crippen LogP contribution in [0.3, 0.4) is 0 Å². The number of carbonyl (C=O) groups excluding carboxylic acids is 2. The fourth-order valence-corrected chi connectivity index (χ4v) is 6.89. The first-order valence-corrected chi connectivity index (χ1v) is 14.7. The Labute approximate surface area is 231 Å². The standard InChI is InChI=1S/C27H29N7O5S/c1-3-39-24-13-28-12-22(31-24)17-4-6-18(7-5-17)30-25(36)27(20-14-34(16(2)35)15-21(20)27)23-10-11-29-26(32-23)33-40(37,38)19-8-9-19/h4-7,10-13,19-21H,3,8-9,14-15H2,1-2H3,(H,30,36)(H,29,32,33). The molecule has 2 aromatic heterocycles. The number of sulfonamides is 1. The lowest BCUT2D eigenvalue weighted by atomic mass is 9.93. The lowest BCUT2D eigenvalue weighted by Crippen LogP contribution is -2.40. The summed E-state index contributed by atoms with van der Waals surface area (Å²) in [6.45, 7) is 4.72. The van der Waals surface area contributed by atoms with Crippen LogP contribution in [0.25, 0.3) is 11.3 Å². The zero-order chi connectivity index (χ0) is 28.1. The molecule has 1 aliphatic heterocycles. The summed E-state index contributed by atoms with van der Waals surface area (Å²) in [7, 11) is -3.57. The van der Waals surface area contributed by atoms with Crippen molar-refractivity contribution in [2.75, 3.05) is 29.7 Å².